The third kappa shape index (κ3) is 2.38. The van der Waals surface area contributed by atoms with Crippen LogP contribution in [0.1, 0.15) is 25.5 Å². The molecule has 0 bridgehead atoms. The van der Waals surface area contributed by atoms with Crippen LogP contribution in [0.2, 0.25) is 5.02 Å². The van der Waals surface area contributed by atoms with Crippen LogP contribution >= 0.6 is 11.6 Å². The maximum Gasteiger partial charge on any atom is 0.125 e. The van der Waals surface area contributed by atoms with Crippen LogP contribution in [0.3, 0.4) is 0 Å². The number of hydrogen-bond acceptors (Lipinski definition) is 1. The van der Waals surface area contributed by atoms with Gasteiger partial charge in [0, 0.05) is 23.8 Å². The van der Waals surface area contributed by atoms with Crippen molar-refractivity contribution < 1.29 is 4.39 Å². The van der Waals surface area contributed by atoms with Gasteiger partial charge in [0.2, 0.25) is 0 Å². The maximum absolute atomic E-state index is 13.6. The van der Waals surface area contributed by atoms with Crippen molar-refractivity contribution in [2.24, 2.45) is 0 Å². The van der Waals surface area contributed by atoms with E-state index in [0.29, 0.717) is 5.02 Å². The van der Waals surface area contributed by atoms with Gasteiger partial charge in [0.1, 0.15) is 5.82 Å². The molecule has 21 heavy (non-hydrogen) atoms. The lowest BCUT2D eigenvalue weighted by atomic mass is 10.1. The normalized spacial score (nSPS) is 14.1. The van der Waals surface area contributed by atoms with Crippen molar-refractivity contribution in [3.8, 4) is 0 Å². The minimum atomic E-state index is -0.261. The van der Waals surface area contributed by atoms with E-state index in [1.807, 2.05) is 34.0 Å². The summed E-state index contributed by atoms with van der Waals surface area (Å²) in [4.78, 5) is 1.98. The number of fused-ring (bicyclic) bond motifs is 1. The zero-order valence-electron chi connectivity index (χ0n) is 11.8. The van der Waals surface area contributed by atoms with Gasteiger partial charge in [-0.3, -0.25) is 0 Å². The molecule has 2 heterocycles. The van der Waals surface area contributed by atoms with Crippen LogP contribution in [-0.4, -0.2) is 4.57 Å². The molecule has 1 aromatic carbocycles. The number of aromatic nitrogens is 1. The van der Waals surface area contributed by atoms with Gasteiger partial charge in [-0.05, 0) is 30.7 Å². The van der Waals surface area contributed by atoms with E-state index in [1.54, 1.807) is 6.07 Å². The molecule has 2 aromatic rings. The first-order valence-corrected chi connectivity index (χ1v) is 7.31. The van der Waals surface area contributed by atoms with Crippen molar-refractivity contribution in [3.63, 3.8) is 0 Å². The summed E-state index contributed by atoms with van der Waals surface area (Å²) in [6, 6.07) is 8.38. The first-order chi connectivity index (χ1) is 10.1. The quantitative estimate of drug-likeness (QED) is 0.740. The zero-order chi connectivity index (χ0) is 15.0. The Bertz CT molecular complexity index is 730. The van der Waals surface area contributed by atoms with Crippen molar-refractivity contribution in [2.75, 3.05) is 4.90 Å². The molecule has 0 atom stereocenters. The molecule has 0 fully saturated rings. The van der Waals surface area contributed by atoms with Gasteiger partial charge in [0.15, 0.2) is 0 Å². The standard InChI is InChI=1S/C17H16ClFN2/c1-3-5-15-11-20-9-8-16(18)17(20)12(2)21(15)14-7-4-6-13(19)10-14/h4,6-11H,2-3,5H2,1H3. The molecule has 0 saturated carbocycles. The third-order valence-electron chi connectivity index (χ3n) is 3.56. The molecule has 0 aliphatic carbocycles. The number of rotatable bonds is 3. The van der Waals surface area contributed by atoms with Crippen molar-refractivity contribution in [1.82, 2.24) is 4.57 Å². The number of benzene rings is 1. The second kappa shape index (κ2) is 5.41. The fourth-order valence-electron chi connectivity index (χ4n) is 2.68. The van der Waals surface area contributed by atoms with Gasteiger partial charge in [0.25, 0.3) is 0 Å². The SMILES string of the molecule is C=C1c2c(Cl)ccn2C=C(CCC)N1c1cccc(F)c1. The zero-order valence-corrected chi connectivity index (χ0v) is 12.6. The second-order valence-electron chi connectivity index (χ2n) is 5.05. The van der Waals surface area contributed by atoms with Crippen molar-refractivity contribution in [2.45, 2.75) is 19.8 Å². The Kier molecular flexibility index (Phi) is 3.60. The summed E-state index contributed by atoms with van der Waals surface area (Å²) in [6.45, 7) is 6.28. The van der Waals surface area contributed by atoms with Crippen LogP contribution in [0.25, 0.3) is 11.9 Å². The van der Waals surface area contributed by atoms with Crippen LogP contribution in [0, 0.1) is 5.82 Å². The lowest BCUT2D eigenvalue weighted by molar-refractivity contribution is 0.628. The van der Waals surface area contributed by atoms with Crippen LogP contribution in [0.15, 0.2) is 48.8 Å². The Labute approximate surface area is 128 Å². The molecule has 0 saturated heterocycles. The van der Waals surface area contributed by atoms with Gasteiger partial charge in [-0.25, -0.2) is 4.39 Å². The summed E-state index contributed by atoms with van der Waals surface area (Å²) in [5.41, 5.74) is 3.46. The molecule has 1 aliphatic heterocycles. The van der Waals surface area contributed by atoms with Gasteiger partial charge in [-0.15, -0.1) is 0 Å². The van der Waals surface area contributed by atoms with E-state index in [-0.39, 0.29) is 5.82 Å². The van der Waals surface area contributed by atoms with Gasteiger partial charge < -0.3 is 9.47 Å². The van der Waals surface area contributed by atoms with E-state index < -0.39 is 0 Å². The molecule has 0 unspecified atom stereocenters. The number of anilines is 1. The summed E-state index contributed by atoms with van der Waals surface area (Å²) in [5.74, 6) is -0.261. The second-order valence-corrected chi connectivity index (χ2v) is 5.46. The Balaban J connectivity index is 2.14. The minimum absolute atomic E-state index is 0.261. The lowest BCUT2D eigenvalue weighted by Gasteiger charge is -2.33. The molecule has 0 N–H and O–H groups in total. The first-order valence-electron chi connectivity index (χ1n) is 6.94. The number of nitrogens with zero attached hydrogens (tertiary/aromatic N) is 2. The number of hydrogen-bond donors (Lipinski definition) is 0. The number of halogens is 2. The van der Waals surface area contributed by atoms with Crippen LogP contribution in [0.5, 0.6) is 0 Å². The van der Waals surface area contributed by atoms with Crippen LogP contribution in [0.4, 0.5) is 10.1 Å². The molecule has 0 radical (unpaired) electrons. The van der Waals surface area contributed by atoms with E-state index in [1.165, 1.54) is 12.1 Å². The lowest BCUT2D eigenvalue weighted by Crippen LogP contribution is -2.25. The van der Waals surface area contributed by atoms with Crippen LogP contribution < -0.4 is 4.90 Å². The fraction of sp³-hybridized carbons (Fsp3) is 0.176. The first kappa shape index (κ1) is 14.0. The summed E-state index contributed by atoms with van der Waals surface area (Å²) < 4.78 is 15.5. The molecule has 1 aromatic heterocycles. The summed E-state index contributed by atoms with van der Waals surface area (Å²) in [7, 11) is 0. The smallest absolute Gasteiger partial charge is 0.125 e. The predicted molar refractivity (Wildman–Crippen MR) is 86.5 cm³/mol. The Morgan fingerprint density at radius 1 is 1.29 bits per heavy atom. The summed E-state index contributed by atoms with van der Waals surface area (Å²) >= 11 is 6.25. The third-order valence-corrected chi connectivity index (χ3v) is 3.86. The van der Waals surface area contributed by atoms with E-state index in [2.05, 4.69) is 13.5 Å². The van der Waals surface area contributed by atoms with Crippen LogP contribution in [-0.2, 0) is 0 Å². The monoisotopic (exact) mass is 302 g/mol. The topological polar surface area (TPSA) is 8.17 Å². The van der Waals surface area contributed by atoms with Gasteiger partial charge in [0.05, 0.1) is 16.4 Å². The molecule has 3 rings (SSSR count). The average molecular weight is 303 g/mol. The minimum Gasteiger partial charge on any atom is -0.319 e. The predicted octanol–water partition coefficient (Wildman–Crippen LogP) is 5.37. The molecular weight excluding hydrogens is 287 g/mol. The summed E-state index contributed by atoms with van der Waals surface area (Å²) in [6.07, 6.45) is 5.83. The summed E-state index contributed by atoms with van der Waals surface area (Å²) in [5, 5.41) is 0.646. The Hall–Kier alpha value is -2.00. The van der Waals surface area contributed by atoms with E-state index in [9.17, 15) is 4.39 Å². The maximum atomic E-state index is 13.6. The number of allylic oxidation sites excluding steroid dienone is 1. The highest BCUT2D eigenvalue weighted by atomic mass is 35.5. The van der Waals surface area contributed by atoms with Gasteiger partial charge in [-0.1, -0.05) is 37.6 Å². The van der Waals surface area contributed by atoms with Gasteiger partial charge >= 0.3 is 0 Å². The van der Waals surface area contributed by atoms with E-state index >= 15 is 0 Å². The Morgan fingerprint density at radius 2 is 2.10 bits per heavy atom. The molecule has 4 heteroatoms. The molecule has 2 nitrogen and oxygen atoms in total. The highest BCUT2D eigenvalue weighted by molar-refractivity contribution is 6.32. The fourth-order valence-corrected chi connectivity index (χ4v) is 2.95. The van der Waals surface area contributed by atoms with Crippen molar-refractivity contribution >= 4 is 29.2 Å². The van der Waals surface area contributed by atoms with Gasteiger partial charge in [-0.2, -0.15) is 0 Å². The van der Waals surface area contributed by atoms with Crippen molar-refractivity contribution in [3.05, 3.63) is 65.3 Å². The molecular formula is C17H16ClFN2. The largest absolute Gasteiger partial charge is 0.319 e. The average Bonchev–Trinajstić information content (AvgIpc) is 2.81. The molecule has 0 amide bonds. The molecule has 1 aliphatic rings. The molecule has 108 valence electrons. The highest BCUT2D eigenvalue weighted by Gasteiger charge is 2.25. The molecule has 0 spiro atoms. The highest BCUT2D eigenvalue weighted by Crippen LogP contribution is 2.38. The van der Waals surface area contributed by atoms with E-state index in [0.717, 1.165) is 35.6 Å². The Morgan fingerprint density at radius 3 is 2.81 bits per heavy atom. The van der Waals surface area contributed by atoms with E-state index in [4.69, 9.17) is 11.6 Å². The van der Waals surface area contributed by atoms with Crippen molar-refractivity contribution in [1.29, 1.82) is 0 Å².